The second-order valence-electron chi connectivity index (χ2n) is 11.6. The number of rotatable bonds is 3. The molecule has 0 N–H and O–H groups in total. The Labute approximate surface area is 229 Å². The van der Waals surface area contributed by atoms with Crippen LogP contribution < -0.4 is 4.57 Å². The van der Waals surface area contributed by atoms with Crippen LogP contribution in [-0.2, 0) is 12.5 Å². The van der Waals surface area contributed by atoms with Gasteiger partial charge in [-0.3, -0.25) is 0 Å². The highest BCUT2D eigenvalue weighted by molar-refractivity contribution is 6.13. The molecule has 2 heterocycles. The molecule has 0 aliphatic rings. The molecule has 0 bridgehead atoms. The van der Waals surface area contributed by atoms with E-state index in [2.05, 4.69) is 106 Å². The van der Waals surface area contributed by atoms with Gasteiger partial charge in [0.1, 0.15) is 24.0 Å². The van der Waals surface area contributed by atoms with Crippen molar-refractivity contribution < 1.29 is 13.4 Å². The maximum atomic E-state index is 15.5. The molecule has 6 rings (SSSR count). The number of hydrogen-bond acceptors (Lipinski definition) is 1. The van der Waals surface area contributed by atoms with Gasteiger partial charge in [-0.1, -0.05) is 81.4 Å². The predicted octanol–water partition coefficient (Wildman–Crippen LogP) is 9.46. The molecule has 194 valence electrons. The summed E-state index contributed by atoms with van der Waals surface area (Å²) in [5.41, 5.74) is 10.7. The van der Waals surface area contributed by atoms with Crippen LogP contribution in [0.3, 0.4) is 0 Å². The topological polar surface area (TPSA) is 17.0 Å². The molecule has 39 heavy (non-hydrogen) atoms. The van der Waals surface area contributed by atoms with Gasteiger partial charge in [0.25, 0.3) is 0 Å². The smallest absolute Gasteiger partial charge is 0.216 e. The van der Waals surface area contributed by atoms with Gasteiger partial charge in [0.15, 0.2) is 6.20 Å². The quantitative estimate of drug-likeness (QED) is 0.215. The molecule has 0 saturated heterocycles. The fourth-order valence-electron chi connectivity index (χ4n) is 5.48. The molecule has 0 aliphatic carbocycles. The Balaban J connectivity index is 1.49. The minimum atomic E-state index is -0.289. The highest BCUT2D eigenvalue weighted by atomic mass is 19.1. The molecule has 0 unspecified atom stereocenters. The molecule has 2 nitrogen and oxygen atoms in total. The molecule has 0 fully saturated rings. The standard InChI is InChI=1S/C36H33FNO/c1-22-19-20-38(6)31(21-22)32-23(2)7-16-28-29-17-18-30(37)33(35(29)39-34(28)32)26-10-8-24(9-11-26)25-12-14-27(15-13-25)36(3,4)5/h7-21H,1-6H3/q+1. The average molecular weight is 515 g/mol. The number of aryl methyl sites for hydroxylation is 3. The molecule has 0 atom stereocenters. The van der Waals surface area contributed by atoms with Crippen molar-refractivity contribution in [3.63, 3.8) is 0 Å². The maximum Gasteiger partial charge on any atom is 0.216 e. The van der Waals surface area contributed by atoms with Gasteiger partial charge < -0.3 is 4.42 Å². The molecule has 0 spiro atoms. The third-order valence-electron chi connectivity index (χ3n) is 7.79. The van der Waals surface area contributed by atoms with Crippen molar-refractivity contribution in [1.82, 2.24) is 0 Å². The second kappa shape index (κ2) is 9.20. The summed E-state index contributed by atoms with van der Waals surface area (Å²) in [6.45, 7) is 10.8. The van der Waals surface area contributed by atoms with E-state index < -0.39 is 0 Å². The van der Waals surface area contributed by atoms with E-state index >= 15 is 4.39 Å². The van der Waals surface area contributed by atoms with Gasteiger partial charge in [0, 0.05) is 22.9 Å². The number of pyridine rings is 1. The highest BCUT2D eigenvalue weighted by Gasteiger charge is 2.23. The van der Waals surface area contributed by atoms with Crippen LogP contribution >= 0.6 is 0 Å². The Bertz CT molecular complexity index is 1850. The van der Waals surface area contributed by atoms with Gasteiger partial charge in [-0.25, -0.2) is 8.96 Å². The molecule has 6 aromatic rings. The third-order valence-corrected chi connectivity index (χ3v) is 7.79. The van der Waals surface area contributed by atoms with Crippen molar-refractivity contribution in [3.8, 4) is 33.5 Å². The molecule has 4 aromatic carbocycles. The van der Waals surface area contributed by atoms with E-state index in [-0.39, 0.29) is 11.2 Å². The van der Waals surface area contributed by atoms with Crippen molar-refractivity contribution in [2.75, 3.05) is 0 Å². The number of benzene rings is 4. The third kappa shape index (κ3) is 4.32. The number of furan rings is 1. The van der Waals surface area contributed by atoms with Crippen LogP contribution in [0, 0.1) is 19.7 Å². The zero-order chi connectivity index (χ0) is 27.5. The predicted molar refractivity (Wildman–Crippen MR) is 159 cm³/mol. The van der Waals surface area contributed by atoms with Gasteiger partial charge in [-0.05, 0) is 64.8 Å². The molecule has 2 aromatic heterocycles. The van der Waals surface area contributed by atoms with Gasteiger partial charge in [-0.15, -0.1) is 0 Å². The first kappa shape index (κ1) is 25.1. The average Bonchev–Trinajstić information content (AvgIpc) is 3.28. The first-order chi connectivity index (χ1) is 18.6. The van der Waals surface area contributed by atoms with Gasteiger partial charge >= 0.3 is 0 Å². The Morgan fingerprint density at radius 3 is 1.87 bits per heavy atom. The van der Waals surface area contributed by atoms with E-state index in [0.29, 0.717) is 11.1 Å². The second-order valence-corrected chi connectivity index (χ2v) is 11.6. The minimum absolute atomic E-state index is 0.111. The summed E-state index contributed by atoms with van der Waals surface area (Å²) in [7, 11) is 2.04. The summed E-state index contributed by atoms with van der Waals surface area (Å²) in [6, 6.07) is 28.6. The minimum Gasteiger partial charge on any atom is -0.454 e. The Morgan fingerprint density at radius 1 is 0.667 bits per heavy atom. The Hall–Kier alpha value is -4.24. The van der Waals surface area contributed by atoms with E-state index in [4.69, 9.17) is 4.42 Å². The largest absolute Gasteiger partial charge is 0.454 e. The van der Waals surface area contributed by atoms with Crippen molar-refractivity contribution >= 4 is 21.9 Å². The van der Waals surface area contributed by atoms with Gasteiger partial charge in [-0.2, -0.15) is 0 Å². The monoisotopic (exact) mass is 514 g/mol. The number of fused-ring (bicyclic) bond motifs is 3. The van der Waals surface area contributed by atoms with Crippen molar-refractivity contribution in [2.45, 2.75) is 40.0 Å². The summed E-state index contributed by atoms with van der Waals surface area (Å²) < 4.78 is 24.2. The van der Waals surface area contributed by atoms with E-state index in [1.807, 2.05) is 25.2 Å². The lowest BCUT2D eigenvalue weighted by atomic mass is 9.86. The summed E-state index contributed by atoms with van der Waals surface area (Å²) in [6.07, 6.45) is 2.06. The van der Waals surface area contributed by atoms with E-state index in [9.17, 15) is 0 Å². The summed E-state index contributed by atoms with van der Waals surface area (Å²) >= 11 is 0. The van der Waals surface area contributed by atoms with E-state index in [0.717, 1.165) is 49.9 Å². The maximum absolute atomic E-state index is 15.5. The van der Waals surface area contributed by atoms with Crippen LogP contribution in [0.2, 0.25) is 0 Å². The lowest BCUT2D eigenvalue weighted by Crippen LogP contribution is -2.30. The Kier molecular flexibility index (Phi) is 5.91. The van der Waals surface area contributed by atoms with Crippen LogP contribution in [-0.4, -0.2) is 0 Å². The number of aromatic nitrogens is 1. The zero-order valence-electron chi connectivity index (χ0n) is 23.4. The van der Waals surface area contributed by atoms with Crippen molar-refractivity contribution in [3.05, 3.63) is 114 Å². The summed E-state index contributed by atoms with van der Waals surface area (Å²) in [5.74, 6) is -0.289. The molecular weight excluding hydrogens is 481 g/mol. The fraction of sp³-hybridized carbons (Fsp3) is 0.194. The molecule has 0 aliphatic heterocycles. The van der Waals surface area contributed by atoms with E-state index in [1.165, 1.54) is 11.1 Å². The van der Waals surface area contributed by atoms with Crippen molar-refractivity contribution in [2.24, 2.45) is 7.05 Å². The first-order valence-corrected chi connectivity index (χ1v) is 13.4. The normalized spacial score (nSPS) is 12.0. The van der Waals surface area contributed by atoms with Gasteiger partial charge in [0.2, 0.25) is 5.69 Å². The van der Waals surface area contributed by atoms with Crippen molar-refractivity contribution in [1.29, 1.82) is 0 Å². The fourth-order valence-corrected chi connectivity index (χ4v) is 5.48. The molecule has 0 radical (unpaired) electrons. The van der Waals surface area contributed by atoms with Crippen LogP contribution in [0.1, 0.15) is 37.5 Å². The van der Waals surface area contributed by atoms with Crippen LogP contribution in [0.25, 0.3) is 55.4 Å². The Morgan fingerprint density at radius 2 is 1.23 bits per heavy atom. The first-order valence-electron chi connectivity index (χ1n) is 13.4. The van der Waals surface area contributed by atoms with Crippen LogP contribution in [0.5, 0.6) is 0 Å². The SMILES string of the molecule is Cc1cc[n+](C)c(-c2c(C)ccc3c2oc2c(-c4ccc(-c5ccc(C(C)(C)C)cc5)cc4)c(F)ccc23)c1. The zero-order valence-corrected chi connectivity index (χ0v) is 23.4. The lowest BCUT2D eigenvalue weighted by Gasteiger charge is -2.19. The number of halogens is 1. The van der Waals surface area contributed by atoms with Crippen LogP contribution in [0.15, 0.2) is 95.5 Å². The lowest BCUT2D eigenvalue weighted by molar-refractivity contribution is -0.660. The highest BCUT2D eigenvalue weighted by Crippen LogP contribution is 2.42. The molecule has 3 heteroatoms. The van der Waals surface area contributed by atoms with Gasteiger partial charge in [0.05, 0.1) is 11.1 Å². The summed E-state index contributed by atoms with van der Waals surface area (Å²) in [5, 5.41) is 1.91. The molecule has 0 saturated carbocycles. The van der Waals surface area contributed by atoms with E-state index in [1.54, 1.807) is 6.07 Å². The van der Waals surface area contributed by atoms with Crippen LogP contribution in [0.4, 0.5) is 4.39 Å². The summed E-state index contributed by atoms with van der Waals surface area (Å²) in [4.78, 5) is 0. The molecule has 0 amide bonds. The number of nitrogens with zero attached hydrogens (tertiary/aromatic N) is 1. The number of hydrogen-bond donors (Lipinski definition) is 0. The molecular formula is C36H33FNO+.